The molecule has 2 aromatic carbocycles. The van der Waals surface area contributed by atoms with Gasteiger partial charge in [-0.1, -0.05) is 30.3 Å². The Labute approximate surface area is 124 Å². The van der Waals surface area contributed by atoms with E-state index in [1.54, 1.807) is 6.07 Å². The minimum absolute atomic E-state index is 0.0875. The third-order valence-corrected chi connectivity index (χ3v) is 2.82. The van der Waals surface area contributed by atoms with Gasteiger partial charge >= 0.3 is 0 Å². The van der Waals surface area contributed by atoms with E-state index in [0.29, 0.717) is 11.3 Å². The topological polar surface area (TPSA) is 47.6 Å². The van der Waals surface area contributed by atoms with E-state index in [4.69, 9.17) is 9.78 Å². The number of hydrogen-bond acceptors (Lipinski definition) is 3. The van der Waals surface area contributed by atoms with Crippen LogP contribution in [0, 0.1) is 6.92 Å². The average Bonchev–Trinajstić information content (AvgIpc) is 2.46. The molecule has 0 heterocycles. The second kappa shape index (κ2) is 6.90. The van der Waals surface area contributed by atoms with Crippen LogP contribution in [0.4, 0.5) is 5.69 Å². The molecule has 0 saturated carbocycles. The van der Waals surface area contributed by atoms with Crippen LogP contribution in [-0.4, -0.2) is 12.0 Å². The second-order valence-electron chi connectivity index (χ2n) is 5.00. The highest BCUT2D eigenvalue weighted by Crippen LogP contribution is 2.24. The summed E-state index contributed by atoms with van der Waals surface area (Å²) in [5, 5.41) is 2.85. The van der Waals surface area contributed by atoms with E-state index in [0.717, 1.165) is 11.3 Å². The van der Waals surface area contributed by atoms with Crippen molar-refractivity contribution < 1.29 is 14.6 Å². The molecule has 1 N–H and O–H groups in total. The van der Waals surface area contributed by atoms with Crippen LogP contribution in [0.25, 0.3) is 0 Å². The fourth-order valence-electron chi connectivity index (χ4n) is 1.86. The van der Waals surface area contributed by atoms with Crippen LogP contribution in [0.15, 0.2) is 48.5 Å². The zero-order valence-electron chi connectivity index (χ0n) is 12.4. The van der Waals surface area contributed by atoms with Crippen molar-refractivity contribution in [2.75, 3.05) is 5.32 Å². The molecule has 0 aliphatic rings. The van der Waals surface area contributed by atoms with Gasteiger partial charge in [0.05, 0.1) is 11.7 Å². The van der Waals surface area contributed by atoms with Crippen molar-refractivity contribution in [3.63, 3.8) is 0 Å². The molecule has 110 valence electrons. The lowest BCUT2D eigenvalue weighted by atomic mass is 10.1. The summed E-state index contributed by atoms with van der Waals surface area (Å²) in [6.45, 7) is 5.58. The van der Waals surface area contributed by atoms with Crippen LogP contribution in [0.2, 0.25) is 0 Å². The Morgan fingerprint density at radius 2 is 1.76 bits per heavy atom. The number of anilines is 1. The third kappa shape index (κ3) is 4.07. The predicted octanol–water partition coefficient (Wildman–Crippen LogP) is 3.97. The molecule has 0 radical (unpaired) electrons. The summed E-state index contributed by atoms with van der Waals surface area (Å²) in [4.78, 5) is 22.9. The molecule has 1 amide bonds. The van der Waals surface area contributed by atoms with Crippen molar-refractivity contribution in [2.24, 2.45) is 0 Å². The first-order chi connectivity index (χ1) is 10.1. The number of hydrogen-bond donors (Lipinski definition) is 1. The summed E-state index contributed by atoms with van der Waals surface area (Å²) in [5.74, 6) is 0.193. The number of benzene rings is 2. The number of amides is 1. The molecule has 0 aliphatic carbocycles. The van der Waals surface area contributed by atoms with E-state index in [-0.39, 0.29) is 12.0 Å². The minimum Gasteiger partial charge on any atom is -0.336 e. The zero-order chi connectivity index (χ0) is 15.2. The highest BCUT2D eigenvalue weighted by atomic mass is 17.2. The standard InChI is InChI=1S/C17H19NO3/c1-12(2)20-21-15-11-7-8-13(3)16(15)17(19)18-14-9-5-4-6-10-14/h4-12H,1-3H3,(H,18,19). The molecule has 0 aromatic heterocycles. The third-order valence-electron chi connectivity index (χ3n) is 2.82. The predicted molar refractivity (Wildman–Crippen MR) is 82.4 cm³/mol. The molecule has 0 saturated heterocycles. The molecule has 2 rings (SSSR count). The van der Waals surface area contributed by atoms with E-state index in [9.17, 15) is 4.79 Å². The monoisotopic (exact) mass is 285 g/mol. The van der Waals surface area contributed by atoms with Crippen LogP contribution in [0.1, 0.15) is 29.8 Å². The van der Waals surface area contributed by atoms with Crippen LogP contribution >= 0.6 is 0 Å². The molecular formula is C17H19NO3. The van der Waals surface area contributed by atoms with E-state index >= 15 is 0 Å². The maximum absolute atomic E-state index is 12.5. The summed E-state index contributed by atoms with van der Waals surface area (Å²) < 4.78 is 0. The molecule has 0 aliphatic heterocycles. The number of aryl methyl sites for hydroxylation is 1. The number of para-hydroxylation sites is 1. The van der Waals surface area contributed by atoms with Gasteiger partial charge in [-0.3, -0.25) is 4.79 Å². The maximum atomic E-state index is 12.5. The van der Waals surface area contributed by atoms with Crippen molar-refractivity contribution in [3.05, 3.63) is 59.7 Å². The van der Waals surface area contributed by atoms with Gasteiger partial charge < -0.3 is 10.2 Å². The molecule has 0 unspecified atom stereocenters. The van der Waals surface area contributed by atoms with Crippen LogP contribution < -0.4 is 10.2 Å². The van der Waals surface area contributed by atoms with Gasteiger partial charge in [0.25, 0.3) is 5.91 Å². The van der Waals surface area contributed by atoms with Crippen molar-refractivity contribution >= 4 is 11.6 Å². The lowest BCUT2D eigenvalue weighted by Crippen LogP contribution is -2.16. The normalized spacial score (nSPS) is 10.5. The molecule has 2 aromatic rings. The van der Waals surface area contributed by atoms with Crippen molar-refractivity contribution in [3.8, 4) is 5.75 Å². The molecular weight excluding hydrogens is 266 g/mol. The number of nitrogens with one attached hydrogen (secondary N) is 1. The smallest absolute Gasteiger partial charge is 0.259 e. The summed E-state index contributed by atoms with van der Waals surface area (Å²) in [6.07, 6.45) is -0.0875. The largest absolute Gasteiger partial charge is 0.336 e. The SMILES string of the molecule is Cc1cccc(OOC(C)C)c1C(=O)Nc1ccccc1. The van der Waals surface area contributed by atoms with Gasteiger partial charge in [0.15, 0.2) is 5.75 Å². The number of rotatable bonds is 5. The second-order valence-corrected chi connectivity index (χ2v) is 5.00. The zero-order valence-corrected chi connectivity index (χ0v) is 12.4. The quantitative estimate of drug-likeness (QED) is 0.668. The lowest BCUT2D eigenvalue weighted by Gasteiger charge is -2.14. The fraction of sp³-hybridized carbons (Fsp3) is 0.235. The number of carbonyl (C=O) groups is 1. The summed E-state index contributed by atoms with van der Waals surface area (Å²) in [5.41, 5.74) is 2.04. The van der Waals surface area contributed by atoms with Crippen LogP contribution in [0.3, 0.4) is 0 Å². The first kappa shape index (κ1) is 15.1. The summed E-state index contributed by atoms with van der Waals surface area (Å²) in [7, 11) is 0. The van der Waals surface area contributed by atoms with Gasteiger partial charge in [0, 0.05) is 5.69 Å². The van der Waals surface area contributed by atoms with E-state index in [2.05, 4.69) is 5.32 Å². The lowest BCUT2D eigenvalue weighted by molar-refractivity contribution is -0.234. The fourth-order valence-corrected chi connectivity index (χ4v) is 1.86. The highest BCUT2D eigenvalue weighted by Gasteiger charge is 2.17. The summed E-state index contributed by atoms with van der Waals surface area (Å²) in [6, 6.07) is 14.7. The molecule has 21 heavy (non-hydrogen) atoms. The van der Waals surface area contributed by atoms with E-state index in [1.165, 1.54) is 0 Å². The molecule has 0 fully saturated rings. The van der Waals surface area contributed by atoms with Gasteiger partial charge in [-0.2, -0.15) is 4.89 Å². The Hall–Kier alpha value is -2.33. The molecule has 4 nitrogen and oxygen atoms in total. The van der Waals surface area contributed by atoms with Gasteiger partial charge in [-0.05, 0) is 44.5 Å². The van der Waals surface area contributed by atoms with Crippen molar-refractivity contribution in [1.82, 2.24) is 0 Å². The van der Waals surface area contributed by atoms with Crippen molar-refractivity contribution in [2.45, 2.75) is 26.9 Å². The summed E-state index contributed by atoms with van der Waals surface area (Å²) >= 11 is 0. The molecule has 4 heteroatoms. The Kier molecular flexibility index (Phi) is 4.95. The molecule has 0 bridgehead atoms. The first-order valence-electron chi connectivity index (χ1n) is 6.87. The Morgan fingerprint density at radius 1 is 1.05 bits per heavy atom. The van der Waals surface area contributed by atoms with Gasteiger partial charge in [0.2, 0.25) is 0 Å². The van der Waals surface area contributed by atoms with E-state index in [1.807, 2.05) is 63.2 Å². The van der Waals surface area contributed by atoms with Crippen molar-refractivity contribution in [1.29, 1.82) is 0 Å². The highest BCUT2D eigenvalue weighted by molar-refractivity contribution is 6.07. The Bertz CT molecular complexity index is 609. The van der Waals surface area contributed by atoms with Gasteiger partial charge in [0.1, 0.15) is 0 Å². The molecule has 0 atom stereocenters. The average molecular weight is 285 g/mol. The molecule has 0 spiro atoms. The van der Waals surface area contributed by atoms with E-state index < -0.39 is 0 Å². The Balaban J connectivity index is 2.23. The Morgan fingerprint density at radius 3 is 2.43 bits per heavy atom. The maximum Gasteiger partial charge on any atom is 0.259 e. The van der Waals surface area contributed by atoms with Crippen LogP contribution in [-0.2, 0) is 4.89 Å². The number of carbonyl (C=O) groups excluding carboxylic acids is 1. The minimum atomic E-state index is -0.221. The van der Waals surface area contributed by atoms with Gasteiger partial charge in [-0.15, -0.1) is 0 Å². The first-order valence-corrected chi connectivity index (χ1v) is 6.87. The van der Waals surface area contributed by atoms with Gasteiger partial charge in [-0.25, -0.2) is 0 Å². The van der Waals surface area contributed by atoms with Crippen LogP contribution in [0.5, 0.6) is 5.75 Å².